The van der Waals surface area contributed by atoms with Crippen molar-refractivity contribution in [2.75, 3.05) is 18.4 Å². The monoisotopic (exact) mass is 427 g/mol. The van der Waals surface area contributed by atoms with Crippen LogP contribution in [0.3, 0.4) is 0 Å². The Morgan fingerprint density at radius 1 is 0.969 bits per heavy atom. The van der Waals surface area contributed by atoms with Gasteiger partial charge in [-0.1, -0.05) is 43.0 Å². The number of amidine groups is 1. The zero-order valence-electron chi connectivity index (χ0n) is 20.2. The molecule has 168 valence electrons. The lowest BCUT2D eigenvalue weighted by molar-refractivity contribution is 0.249. The number of likely N-dealkylation sites (tertiary alicyclic amines) is 1. The Bertz CT molecular complexity index is 1060. The molecule has 0 amide bonds. The van der Waals surface area contributed by atoms with E-state index in [0.29, 0.717) is 12.0 Å². The maximum absolute atomic E-state index is 5.21. The Balaban J connectivity index is 1.63. The molecule has 1 spiro atoms. The van der Waals surface area contributed by atoms with Crippen molar-refractivity contribution in [1.29, 1.82) is 0 Å². The van der Waals surface area contributed by atoms with Crippen LogP contribution in [0.5, 0.6) is 0 Å². The molecule has 0 bridgehead atoms. The minimum absolute atomic E-state index is 0.676. The second-order valence-electron chi connectivity index (χ2n) is 9.93. The minimum atomic E-state index is 0.676. The van der Waals surface area contributed by atoms with E-state index < -0.39 is 0 Å². The van der Waals surface area contributed by atoms with Gasteiger partial charge in [0.2, 0.25) is 0 Å². The van der Waals surface area contributed by atoms with Gasteiger partial charge < -0.3 is 10.2 Å². The van der Waals surface area contributed by atoms with Gasteiger partial charge in [-0.3, -0.25) is 0 Å². The molecule has 2 aromatic carbocycles. The number of aryl methyl sites for hydroxylation is 1. The Hall–Kier alpha value is -2.81. The van der Waals surface area contributed by atoms with Crippen LogP contribution < -0.4 is 5.32 Å². The van der Waals surface area contributed by atoms with Crippen LogP contribution in [0.1, 0.15) is 68.7 Å². The van der Waals surface area contributed by atoms with E-state index in [-0.39, 0.29) is 0 Å². The minimum Gasteiger partial charge on any atom is -0.380 e. The summed E-state index contributed by atoms with van der Waals surface area (Å²) in [6.07, 6.45) is 5.48. The van der Waals surface area contributed by atoms with Gasteiger partial charge in [-0.2, -0.15) is 0 Å². The zero-order chi connectivity index (χ0) is 22.9. The van der Waals surface area contributed by atoms with Gasteiger partial charge in [-0.15, -0.1) is 0 Å². The molecule has 1 aliphatic carbocycles. The molecule has 0 unspecified atom stereocenters. The van der Waals surface area contributed by atoms with Crippen molar-refractivity contribution in [3.63, 3.8) is 0 Å². The lowest BCUT2D eigenvalue weighted by Gasteiger charge is -2.33. The Morgan fingerprint density at radius 2 is 1.62 bits per heavy atom. The standard InChI is InChI=1S/C29H37N3/c1-20(2)25-9-7-8-10-27(25)30-19-24-17-22(5)18-26(21(3)4)28(24)31-23(6)32-15-13-29(11-12-29)14-16-32/h7-10,17-18,30H,1,3,11-16,19H2,2,4-6H3. The quantitative estimate of drug-likeness (QED) is 0.380. The van der Waals surface area contributed by atoms with Crippen LogP contribution in [0.25, 0.3) is 11.1 Å². The summed E-state index contributed by atoms with van der Waals surface area (Å²) in [7, 11) is 0. The fourth-order valence-electron chi connectivity index (χ4n) is 4.86. The summed E-state index contributed by atoms with van der Waals surface area (Å²) < 4.78 is 0. The number of hydrogen-bond acceptors (Lipinski definition) is 2. The Labute approximate surface area is 194 Å². The van der Waals surface area contributed by atoms with E-state index >= 15 is 0 Å². The molecule has 2 fully saturated rings. The molecule has 3 nitrogen and oxygen atoms in total. The SMILES string of the molecule is C=C(C)c1ccccc1NCc1cc(C)cc(C(=C)C)c1N=C(C)N1CCC2(CC1)CC2. The van der Waals surface area contributed by atoms with E-state index in [1.165, 1.54) is 36.8 Å². The number of para-hydroxylation sites is 1. The molecule has 2 aromatic rings. The average molecular weight is 428 g/mol. The topological polar surface area (TPSA) is 27.6 Å². The summed E-state index contributed by atoms with van der Waals surface area (Å²) in [6, 6.07) is 12.8. The third kappa shape index (κ3) is 4.82. The number of nitrogens with one attached hydrogen (secondary N) is 1. The van der Waals surface area contributed by atoms with Crippen molar-refractivity contribution in [3.05, 3.63) is 71.8 Å². The number of hydrogen-bond donors (Lipinski definition) is 1. The van der Waals surface area contributed by atoms with Crippen LogP contribution in [0, 0.1) is 12.3 Å². The van der Waals surface area contributed by atoms with Crippen molar-refractivity contribution < 1.29 is 0 Å². The van der Waals surface area contributed by atoms with E-state index in [1.807, 2.05) is 0 Å². The summed E-state index contributed by atoms with van der Waals surface area (Å²) in [6.45, 7) is 19.8. The largest absolute Gasteiger partial charge is 0.380 e. The maximum Gasteiger partial charge on any atom is 0.102 e. The molecule has 4 rings (SSSR count). The fourth-order valence-corrected chi connectivity index (χ4v) is 4.86. The van der Waals surface area contributed by atoms with E-state index in [4.69, 9.17) is 4.99 Å². The van der Waals surface area contributed by atoms with Crippen LogP contribution in [0.2, 0.25) is 0 Å². The van der Waals surface area contributed by atoms with Crippen LogP contribution >= 0.6 is 0 Å². The van der Waals surface area contributed by atoms with Gasteiger partial charge in [-0.05, 0) is 93.2 Å². The van der Waals surface area contributed by atoms with Gasteiger partial charge in [0.05, 0.1) is 5.69 Å². The van der Waals surface area contributed by atoms with E-state index in [9.17, 15) is 0 Å². The summed E-state index contributed by atoms with van der Waals surface area (Å²) >= 11 is 0. The summed E-state index contributed by atoms with van der Waals surface area (Å²) in [5, 5.41) is 3.64. The number of rotatable bonds is 6. The van der Waals surface area contributed by atoms with Crippen LogP contribution in [0.4, 0.5) is 11.4 Å². The molecule has 0 radical (unpaired) electrons. The third-order valence-corrected chi connectivity index (χ3v) is 7.16. The summed E-state index contributed by atoms with van der Waals surface area (Å²) in [5.41, 5.74) is 9.69. The highest BCUT2D eigenvalue weighted by Crippen LogP contribution is 2.53. The van der Waals surface area contributed by atoms with Crippen molar-refractivity contribution in [3.8, 4) is 0 Å². The van der Waals surface area contributed by atoms with Gasteiger partial charge in [0.15, 0.2) is 0 Å². The van der Waals surface area contributed by atoms with Crippen LogP contribution in [-0.4, -0.2) is 23.8 Å². The number of anilines is 1. The second kappa shape index (κ2) is 8.97. The molecule has 0 aromatic heterocycles. The van der Waals surface area contributed by atoms with Crippen molar-refractivity contribution in [2.45, 2.75) is 59.9 Å². The number of benzene rings is 2. The molecule has 1 N–H and O–H groups in total. The van der Waals surface area contributed by atoms with Gasteiger partial charge in [0.25, 0.3) is 0 Å². The third-order valence-electron chi connectivity index (χ3n) is 7.16. The summed E-state index contributed by atoms with van der Waals surface area (Å²) in [4.78, 5) is 7.68. The van der Waals surface area contributed by atoms with Crippen LogP contribution in [-0.2, 0) is 6.54 Å². The predicted octanol–water partition coefficient (Wildman–Crippen LogP) is 7.60. The van der Waals surface area contributed by atoms with Gasteiger partial charge in [0.1, 0.15) is 5.84 Å². The first kappa shape index (κ1) is 22.4. The smallest absolute Gasteiger partial charge is 0.102 e. The zero-order valence-corrected chi connectivity index (χ0v) is 20.2. The molecule has 1 saturated carbocycles. The molecule has 1 aliphatic heterocycles. The molecule has 0 atom stereocenters. The highest BCUT2D eigenvalue weighted by atomic mass is 15.2. The molecule has 1 saturated heterocycles. The van der Waals surface area contributed by atoms with E-state index in [2.05, 4.69) is 87.5 Å². The number of allylic oxidation sites excluding steroid dienone is 2. The molecular formula is C29H37N3. The Morgan fingerprint density at radius 3 is 2.25 bits per heavy atom. The molecular weight excluding hydrogens is 390 g/mol. The first-order chi connectivity index (χ1) is 15.3. The molecule has 1 heterocycles. The molecule has 32 heavy (non-hydrogen) atoms. The van der Waals surface area contributed by atoms with Gasteiger partial charge in [0, 0.05) is 30.9 Å². The number of piperidine rings is 1. The van der Waals surface area contributed by atoms with Gasteiger partial charge in [-0.25, -0.2) is 4.99 Å². The van der Waals surface area contributed by atoms with E-state index in [0.717, 1.165) is 52.6 Å². The normalized spacial score (nSPS) is 17.4. The van der Waals surface area contributed by atoms with Crippen LogP contribution in [0.15, 0.2) is 54.5 Å². The first-order valence-corrected chi connectivity index (χ1v) is 11.9. The lowest BCUT2D eigenvalue weighted by atomic mass is 9.94. The highest BCUT2D eigenvalue weighted by Gasteiger charge is 2.44. The predicted molar refractivity (Wildman–Crippen MR) is 140 cm³/mol. The van der Waals surface area contributed by atoms with Crippen molar-refractivity contribution in [2.24, 2.45) is 10.4 Å². The number of nitrogens with zero attached hydrogens (tertiary/aromatic N) is 2. The van der Waals surface area contributed by atoms with Gasteiger partial charge >= 0.3 is 0 Å². The molecule has 3 heteroatoms. The number of aliphatic imine (C=N–C) groups is 1. The average Bonchev–Trinajstić information content (AvgIpc) is 3.52. The van der Waals surface area contributed by atoms with Crippen molar-refractivity contribution in [1.82, 2.24) is 4.90 Å². The molecule has 2 aliphatic rings. The highest BCUT2D eigenvalue weighted by molar-refractivity contribution is 5.86. The maximum atomic E-state index is 5.21. The van der Waals surface area contributed by atoms with E-state index in [1.54, 1.807) is 0 Å². The lowest BCUT2D eigenvalue weighted by Crippen LogP contribution is -2.37. The summed E-state index contributed by atoms with van der Waals surface area (Å²) in [5.74, 6) is 1.12. The first-order valence-electron chi connectivity index (χ1n) is 11.9. The Kier molecular flexibility index (Phi) is 6.28. The van der Waals surface area contributed by atoms with Crippen molar-refractivity contribution >= 4 is 28.4 Å². The fraction of sp³-hybridized carbons (Fsp3) is 0.414. The second-order valence-corrected chi connectivity index (χ2v) is 9.93.